The molecule has 1 heterocycles. The van der Waals surface area contributed by atoms with Crippen molar-refractivity contribution in [2.75, 3.05) is 13.6 Å². The molecule has 0 aliphatic rings. The molecule has 0 bridgehead atoms. The fourth-order valence-electron chi connectivity index (χ4n) is 2.18. The summed E-state index contributed by atoms with van der Waals surface area (Å²) in [7, 11) is 2.11. The summed E-state index contributed by atoms with van der Waals surface area (Å²) in [6.45, 7) is 4.36. The van der Waals surface area contributed by atoms with Gasteiger partial charge in [-0.05, 0) is 37.6 Å². The third-order valence-electron chi connectivity index (χ3n) is 3.31. The van der Waals surface area contributed by atoms with Crippen molar-refractivity contribution in [3.63, 3.8) is 0 Å². The Morgan fingerprint density at radius 1 is 1.21 bits per heavy atom. The molecule has 0 spiro atoms. The zero-order valence-corrected chi connectivity index (χ0v) is 11.7. The molecule has 2 N–H and O–H groups in total. The van der Waals surface area contributed by atoms with E-state index in [1.165, 1.54) is 5.56 Å². The van der Waals surface area contributed by atoms with Crippen molar-refractivity contribution in [3.05, 3.63) is 59.0 Å². The first-order valence-electron chi connectivity index (χ1n) is 6.69. The number of likely N-dealkylation sites (N-methyl/N-ethyl adjacent to an activating group) is 1. The van der Waals surface area contributed by atoms with Crippen LogP contribution in [-0.4, -0.2) is 18.5 Å². The Kier molecular flexibility index (Phi) is 4.77. The Morgan fingerprint density at radius 3 is 2.58 bits per heavy atom. The minimum absolute atomic E-state index is 0.472. The maximum Gasteiger partial charge on any atom is 0.120 e. The van der Waals surface area contributed by atoms with E-state index >= 15 is 0 Å². The summed E-state index contributed by atoms with van der Waals surface area (Å²) in [5, 5.41) is 0. The first kappa shape index (κ1) is 13.8. The average molecular weight is 258 g/mol. The number of hydrogen-bond donors (Lipinski definition) is 1. The van der Waals surface area contributed by atoms with E-state index in [2.05, 4.69) is 42.3 Å². The normalized spacial score (nSPS) is 11.2. The zero-order valence-electron chi connectivity index (χ0n) is 11.7. The van der Waals surface area contributed by atoms with Crippen LogP contribution in [0.25, 0.3) is 0 Å². The minimum Gasteiger partial charge on any atom is -0.463 e. The molecule has 0 aliphatic heterocycles. The number of benzene rings is 1. The van der Waals surface area contributed by atoms with E-state index < -0.39 is 0 Å². The molecule has 0 saturated heterocycles. The molecule has 0 amide bonds. The molecule has 1 aromatic carbocycles. The van der Waals surface area contributed by atoms with Crippen molar-refractivity contribution >= 4 is 0 Å². The number of aryl methyl sites for hydroxylation is 1. The first-order chi connectivity index (χ1) is 9.19. The molecule has 0 fully saturated rings. The van der Waals surface area contributed by atoms with Crippen LogP contribution < -0.4 is 5.73 Å². The van der Waals surface area contributed by atoms with Gasteiger partial charge in [0.1, 0.15) is 11.5 Å². The maximum atomic E-state index is 5.72. The molecule has 0 aliphatic carbocycles. The molecule has 0 radical (unpaired) electrons. The highest BCUT2D eigenvalue weighted by Crippen LogP contribution is 2.15. The van der Waals surface area contributed by atoms with E-state index in [1.807, 2.05) is 13.0 Å². The van der Waals surface area contributed by atoms with E-state index in [1.54, 1.807) is 0 Å². The molecule has 0 saturated carbocycles. The zero-order chi connectivity index (χ0) is 13.7. The van der Waals surface area contributed by atoms with E-state index in [0.717, 1.165) is 36.6 Å². The fourth-order valence-corrected chi connectivity index (χ4v) is 2.18. The summed E-state index contributed by atoms with van der Waals surface area (Å²) in [6.07, 6.45) is 1.06. The van der Waals surface area contributed by atoms with Crippen LogP contribution in [0.3, 0.4) is 0 Å². The van der Waals surface area contributed by atoms with Gasteiger partial charge in [-0.15, -0.1) is 0 Å². The molecule has 3 heteroatoms. The highest BCUT2D eigenvalue weighted by atomic mass is 16.3. The van der Waals surface area contributed by atoms with Crippen LogP contribution in [0.5, 0.6) is 0 Å². The molecule has 0 unspecified atom stereocenters. The van der Waals surface area contributed by atoms with Crippen molar-refractivity contribution < 1.29 is 4.42 Å². The maximum absolute atomic E-state index is 5.72. The van der Waals surface area contributed by atoms with Crippen LogP contribution in [-0.2, 0) is 19.5 Å². The number of hydrogen-bond acceptors (Lipinski definition) is 3. The number of rotatable bonds is 6. The predicted octanol–water partition coefficient (Wildman–Crippen LogP) is 2.72. The lowest BCUT2D eigenvalue weighted by molar-refractivity contribution is 0.294. The summed E-state index contributed by atoms with van der Waals surface area (Å²) in [5.41, 5.74) is 8.14. The lowest BCUT2D eigenvalue weighted by Gasteiger charge is -2.14. The Labute approximate surface area is 115 Å². The summed E-state index contributed by atoms with van der Waals surface area (Å²) in [5.74, 6) is 1.89. The van der Waals surface area contributed by atoms with Crippen LogP contribution in [0.2, 0.25) is 0 Å². The van der Waals surface area contributed by atoms with Gasteiger partial charge >= 0.3 is 0 Å². The molecule has 2 rings (SSSR count). The van der Waals surface area contributed by atoms with Crippen molar-refractivity contribution in [2.24, 2.45) is 5.73 Å². The third kappa shape index (κ3) is 3.94. The monoisotopic (exact) mass is 258 g/mol. The highest BCUT2D eigenvalue weighted by molar-refractivity contribution is 5.20. The molecule has 2 aromatic rings. The van der Waals surface area contributed by atoms with Gasteiger partial charge < -0.3 is 10.2 Å². The Hall–Kier alpha value is -1.58. The van der Waals surface area contributed by atoms with Gasteiger partial charge in [-0.1, -0.05) is 30.3 Å². The van der Waals surface area contributed by atoms with E-state index in [4.69, 9.17) is 10.2 Å². The second-order valence-electron chi connectivity index (χ2n) is 5.00. The fraction of sp³-hybridized carbons (Fsp3) is 0.375. The summed E-state index contributed by atoms with van der Waals surface area (Å²) in [4.78, 5) is 2.27. The van der Waals surface area contributed by atoms with Crippen LogP contribution in [0.4, 0.5) is 0 Å². The smallest absolute Gasteiger partial charge is 0.120 e. The summed E-state index contributed by atoms with van der Waals surface area (Å²) < 4.78 is 5.72. The van der Waals surface area contributed by atoms with E-state index in [0.29, 0.717) is 6.54 Å². The standard InChI is InChI=1S/C16H22N2O/c1-13-10-15(19-16(13)11-17)12-18(2)9-8-14-6-4-3-5-7-14/h3-7,10H,8-9,11-12,17H2,1-2H3. The van der Waals surface area contributed by atoms with Gasteiger partial charge in [-0.3, -0.25) is 4.90 Å². The lowest BCUT2D eigenvalue weighted by Crippen LogP contribution is -2.20. The van der Waals surface area contributed by atoms with Crippen molar-refractivity contribution in [1.29, 1.82) is 0 Å². The van der Waals surface area contributed by atoms with E-state index in [-0.39, 0.29) is 0 Å². The van der Waals surface area contributed by atoms with Crippen LogP contribution in [0.15, 0.2) is 40.8 Å². The Morgan fingerprint density at radius 2 is 1.95 bits per heavy atom. The average Bonchev–Trinajstić information content (AvgIpc) is 2.77. The van der Waals surface area contributed by atoms with Crippen LogP contribution in [0, 0.1) is 6.92 Å². The first-order valence-corrected chi connectivity index (χ1v) is 6.69. The number of nitrogens with two attached hydrogens (primary N) is 1. The quantitative estimate of drug-likeness (QED) is 0.866. The Bertz CT molecular complexity index is 505. The Balaban J connectivity index is 1.85. The SMILES string of the molecule is Cc1cc(CN(C)CCc2ccccc2)oc1CN. The second kappa shape index (κ2) is 6.55. The van der Waals surface area contributed by atoms with Gasteiger partial charge in [-0.2, -0.15) is 0 Å². The number of nitrogens with zero attached hydrogens (tertiary/aromatic N) is 1. The predicted molar refractivity (Wildman–Crippen MR) is 77.8 cm³/mol. The molecular weight excluding hydrogens is 236 g/mol. The van der Waals surface area contributed by atoms with Crippen molar-refractivity contribution in [3.8, 4) is 0 Å². The third-order valence-corrected chi connectivity index (χ3v) is 3.31. The molecule has 1 aromatic heterocycles. The van der Waals surface area contributed by atoms with Crippen molar-refractivity contribution in [1.82, 2.24) is 4.90 Å². The number of furan rings is 1. The lowest BCUT2D eigenvalue weighted by atomic mass is 10.1. The van der Waals surface area contributed by atoms with Gasteiger partial charge in [0.25, 0.3) is 0 Å². The molecule has 102 valence electrons. The molecule has 3 nitrogen and oxygen atoms in total. The van der Waals surface area contributed by atoms with Crippen molar-refractivity contribution in [2.45, 2.75) is 26.4 Å². The molecule has 0 atom stereocenters. The second-order valence-corrected chi connectivity index (χ2v) is 5.00. The van der Waals surface area contributed by atoms with Gasteiger partial charge in [0, 0.05) is 6.54 Å². The van der Waals surface area contributed by atoms with Gasteiger partial charge in [0.15, 0.2) is 0 Å². The summed E-state index contributed by atoms with van der Waals surface area (Å²) >= 11 is 0. The van der Waals surface area contributed by atoms with Gasteiger partial charge in [-0.25, -0.2) is 0 Å². The highest BCUT2D eigenvalue weighted by Gasteiger charge is 2.08. The minimum atomic E-state index is 0.472. The summed E-state index contributed by atoms with van der Waals surface area (Å²) in [6, 6.07) is 12.6. The van der Waals surface area contributed by atoms with Gasteiger partial charge in [0.05, 0.1) is 13.1 Å². The topological polar surface area (TPSA) is 42.4 Å². The molecular formula is C16H22N2O. The van der Waals surface area contributed by atoms with Crippen LogP contribution >= 0.6 is 0 Å². The van der Waals surface area contributed by atoms with Crippen LogP contribution in [0.1, 0.15) is 22.6 Å². The molecule has 19 heavy (non-hydrogen) atoms. The van der Waals surface area contributed by atoms with E-state index in [9.17, 15) is 0 Å². The van der Waals surface area contributed by atoms with Gasteiger partial charge in [0.2, 0.25) is 0 Å². The largest absolute Gasteiger partial charge is 0.463 e.